The average Bonchev–Trinajstić information content (AvgIpc) is 3.02. The highest BCUT2D eigenvalue weighted by atomic mass is 32.1. The SMILES string of the molecule is CCCNc1ncc(Cn2c(=O)oc3cccnc32)s1. The second-order valence-corrected chi connectivity index (χ2v) is 5.45. The third-order valence-electron chi connectivity index (χ3n) is 2.82. The van der Waals surface area contributed by atoms with E-state index in [9.17, 15) is 4.79 Å². The quantitative estimate of drug-likeness (QED) is 0.780. The zero-order valence-corrected chi connectivity index (χ0v) is 11.8. The molecule has 0 saturated heterocycles. The minimum atomic E-state index is -0.393. The van der Waals surface area contributed by atoms with E-state index in [1.807, 2.05) is 0 Å². The first-order chi connectivity index (χ1) is 9.78. The van der Waals surface area contributed by atoms with Crippen LogP contribution < -0.4 is 11.1 Å². The molecule has 0 radical (unpaired) electrons. The maximum absolute atomic E-state index is 11.8. The van der Waals surface area contributed by atoms with Crippen LogP contribution in [0.15, 0.2) is 33.7 Å². The Morgan fingerprint density at radius 1 is 1.45 bits per heavy atom. The maximum Gasteiger partial charge on any atom is 0.421 e. The molecule has 20 heavy (non-hydrogen) atoms. The molecular weight excluding hydrogens is 276 g/mol. The van der Waals surface area contributed by atoms with Crippen molar-refractivity contribution in [2.24, 2.45) is 0 Å². The van der Waals surface area contributed by atoms with Crippen molar-refractivity contribution in [2.45, 2.75) is 19.9 Å². The number of aromatic nitrogens is 3. The molecule has 0 aliphatic carbocycles. The molecule has 0 bridgehead atoms. The van der Waals surface area contributed by atoms with Gasteiger partial charge in [0.1, 0.15) is 0 Å². The Bertz CT molecular complexity index is 774. The summed E-state index contributed by atoms with van der Waals surface area (Å²) in [4.78, 5) is 21.3. The number of hydrogen-bond donors (Lipinski definition) is 1. The summed E-state index contributed by atoms with van der Waals surface area (Å²) in [5.41, 5.74) is 1.07. The molecule has 0 unspecified atom stereocenters. The highest BCUT2D eigenvalue weighted by Crippen LogP contribution is 2.20. The highest BCUT2D eigenvalue weighted by Gasteiger charge is 2.11. The van der Waals surface area contributed by atoms with Gasteiger partial charge in [-0.1, -0.05) is 6.92 Å². The van der Waals surface area contributed by atoms with Gasteiger partial charge in [-0.05, 0) is 18.6 Å². The summed E-state index contributed by atoms with van der Waals surface area (Å²) in [6, 6.07) is 3.48. The molecule has 0 aromatic carbocycles. The summed E-state index contributed by atoms with van der Waals surface area (Å²) in [6.45, 7) is 3.42. The van der Waals surface area contributed by atoms with Gasteiger partial charge in [-0.3, -0.25) is 4.57 Å². The second-order valence-electron chi connectivity index (χ2n) is 4.34. The Morgan fingerprint density at radius 2 is 2.35 bits per heavy atom. The minimum absolute atomic E-state index is 0.393. The number of nitrogens with zero attached hydrogens (tertiary/aromatic N) is 3. The predicted octanol–water partition coefficient (Wildman–Crippen LogP) is 2.32. The van der Waals surface area contributed by atoms with E-state index >= 15 is 0 Å². The lowest BCUT2D eigenvalue weighted by molar-refractivity contribution is 0.518. The molecule has 0 amide bonds. The Hall–Kier alpha value is -2.15. The van der Waals surface area contributed by atoms with Gasteiger partial charge in [0.2, 0.25) is 0 Å². The molecule has 3 rings (SSSR count). The molecule has 3 aromatic rings. The number of nitrogens with one attached hydrogen (secondary N) is 1. The number of rotatable bonds is 5. The molecule has 1 N–H and O–H groups in total. The van der Waals surface area contributed by atoms with Gasteiger partial charge in [0.05, 0.1) is 6.54 Å². The number of anilines is 1. The van der Waals surface area contributed by atoms with Crippen LogP contribution in [-0.2, 0) is 6.54 Å². The van der Waals surface area contributed by atoms with Gasteiger partial charge in [0.25, 0.3) is 0 Å². The zero-order valence-electron chi connectivity index (χ0n) is 11.0. The molecule has 0 atom stereocenters. The minimum Gasteiger partial charge on any atom is -0.406 e. The van der Waals surface area contributed by atoms with Crippen LogP contribution in [0.5, 0.6) is 0 Å². The number of oxazole rings is 1. The molecule has 7 heteroatoms. The summed E-state index contributed by atoms with van der Waals surface area (Å²) < 4.78 is 6.68. The van der Waals surface area contributed by atoms with E-state index in [4.69, 9.17) is 4.42 Å². The maximum atomic E-state index is 11.8. The van der Waals surface area contributed by atoms with Crippen molar-refractivity contribution in [2.75, 3.05) is 11.9 Å². The van der Waals surface area contributed by atoms with Crippen LogP contribution in [-0.4, -0.2) is 21.1 Å². The number of pyridine rings is 1. The third kappa shape index (κ3) is 2.44. The second kappa shape index (κ2) is 5.46. The van der Waals surface area contributed by atoms with E-state index in [1.54, 1.807) is 24.5 Å². The van der Waals surface area contributed by atoms with Crippen molar-refractivity contribution >= 4 is 27.7 Å². The van der Waals surface area contributed by atoms with Gasteiger partial charge in [-0.15, -0.1) is 11.3 Å². The largest absolute Gasteiger partial charge is 0.421 e. The van der Waals surface area contributed by atoms with Crippen molar-refractivity contribution in [3.63, 3.8) is 0 Å². The van der Waals surface area contributed by atoms with E-state index in [0.717, 1.165) is 23.0 Å². The summed E-state index contributed by atoms with van der Waals surface area (Å²) in [6.07, 6.45) is 4.47. The van der Waals surface area contributed by atoms with E-state index in [-0.39, 0.29) is 0 Å². The molecule has 104 valence electrons. The van der Waals surface area contributed by atoms with Crippen LogP contribution in [0.3, 0.4) is 0 Å². The van der Waals surface area contributed by atoms with Crippen molar-refractivity contribution in [3.8, 4) is 0 Å². The van der Waals surface area contributed by atoms with Crippen LogP contribution in [0, 0.1) is 0 Å². The van der Waals surface area contributed by atoms with Crippen LogP contribution >= 0.6 is 11.3 Å². The van der Waals surface area contributed by atoms with Crippen molar-refractivity contribution in [3.05, 3.63) is 40.0 Å². The molecule has 0 fully saturated rings. The summed E-state index contributed by atoms with van der Waals surface area (Å²) in [7, 11) is 0. The zero-order chi connectivity index (χ0) is 13.9. The molecule has 0 aliphatic heterocycles. The average molecular weight is 290 g/mol. The van der Waals surface area contributed by atoms with Crippen molar-refractivity contribution in [1.29, 1.82) is 0 Å². The number of thiazole rings is 1. The fraction of sp³-hybridized carbons (Fsp3) is 0.308. The van der Waals surface area contributed by atoms with E-state index in [2.05, 4.69) is 22.2 Å². The van der Waals surface area contributed by atoms with Gasteiger partial charge in [0.15, 0.2) is 16.4 Å². The van der Waals surface area contributed by atoms with E-state index in [0.29, 0.717) is 17.8 Å². The lowest BCUT2D eigenvalue weighted by atomic mass is 10.4. The standard InChI is InChI=1S/C13H14N4O2S/c1-2-5-15-12-16-7-9(20-12)8-17-11-10(19-13(17)18)4-3-6-14-11/h3-4,6-7H,2,5,8H2,1H3,(H,15,16). The van der Waals surface area contributed by atoms with E-state index < -0.39 is 5.76 Å². The monoisotopic (exact) mass is 290 g/mol. The third-order valence-corrected chi connectivity index (χ3v) is 3.76. The van der Waals surface area contributed by atoms with Crippen LogP contribution in [0.25, 0.3) is 11.2 Å². The number of hydrogen-bond acceptors (Lipinski definition) is 6. The first-order valence-electron chi connectivity index (χ1n) is 6.41. The Balaban J connectivity index is 1.87. The first-order valence-corrected chi connectivity index (χ1v) is 7.22. The molecule has 0 saturated carbocycles. The number of fused-ring (bicyclic) bond motifs is 1. The van der Waals surface area contributed by atoms with Gasteiger partial charge in [-0.25, -0.2) is 14.8 Å². The van der Waals surface area contributed by atoms with Crippen LogP contribution in [0.4, 0.5) is 5.13 Å². The summed E-state index contributed by atoms with van der Waals surface area (Å²) in [5.74, 6) is -0.393. The lowest BCUT2D eigenvalue weighted by Crippen LogP contribution is -2.14. The van der Waals surface area contributed by atoms with Gasteiger partial charge < -0.3 is 9.73 Å². The fourth-order valence-corrected chi connectivity index (χ4v) is 2.72. The molecule has 3 aromatic heterocycles. The fourth-order valence-electron chi connectivity index (χ4n) is 1.89. The lowest BCUT2D eigenvalue weighted by Gasteiger charge is -1.98. The predicted molar refractivity (Wildman–Crippen MR) is 78.3 cm³/mol. The molecule has 0 aliphatic rings. The smallest absolute Gasteiger partial charge is 0.406 e. The van der Waals surface area contributed by atoms with Gasteiger partial charge in [0, 0.05) is 23.8 Å². The van der Waals surface area contributed by atoms with Crippen LogP contribution in [0.2, 0.25) is 0 Å². The highest BCUT2D eigenvalue weighted by molar-refractivity contribution is 7.15. The molecule has 0 spiro atoms. The molecular formula is C13H14N4O2S. The molecule has 6 nitrogen and oxygen atoms in total. The van der Waals surface area contributed by atoms with E-state index in [1.165, 1.54) is 15.9 Å². The van der Waals surface area contributed by atoms with Crippen LogP contribution in [0.1, 0.15) is 18.2 Å². The molecule has 3 heterocycles. The summed E-state index contributed by atoms with van der Waals surface area (Å²) in [5, 5.41) is 4.10. The Kier molecular flexibility index (Phi) is 3.51. The summed E-state index contributed by atoms with van der Waals surface area (Å²) >= 11 is 1.54. The normalized spacial score (nSPS) is 11.1. The first kappa shape index (κ1) is 12.9. The van der Waals surface area contributed by atoms with Gasteiger partial charge in [-0.2, -0.15) is 0 Å². The van der Waals surface area contributed by atoms with Crippen molar-refractivity contribution in [1.82, 2.24) is 14.5 Å². The Morgan fingerprint density at radius 3 is 3.20 bits per heavy atom. The topological polar surface area (TPSA) is 73.0 Å². The van der Waals surface area contributed by atoms with Crippen molar-refractivity contribution < 1.29 is 4.42 Å². The Labute approximate surface area is 119 Å². The van der Waals surface area contributed by atoms with Gasteiger partial charge >= 0.3 is 5.76 Å².